The van der Waals surface area contributed by atoms with Crippen molar-refractivity contribution in [1.29, 1.82) is 0 Å². The van der Waals surface area contributed by atoms with Crippen molar-refractivity contribution in [2.24, 2.45) is 11.8 Å². The predicted octanol–water partition coefficient (Wildman–Crippen LogP) is 3.13. The van der Waals surface area contributed by atoms with Crippen LogP contribution >= 0.6 is 0 Å². The van der Waals surface area contributed by atoms with Crippen LogP contribution in [0.3, 0.4) is 0 Å². The van der Waals surface area contributed by atoms with Crippen molar-refractivity contribution in [2.45, 2.75) is 63.3 Å². The van der Waals surface area contributed by atoms with Crippen LogP contribution in [0, 0.1) is 11.8 Å². The van der Waals surface area contributed by atoms with Gasteiger partial charge in [-0.15, -0.1) is 0 Å². The van der Waals surface area contributed by atoms with Crippen molar-refractivity contribution in [3.05, 3.63) is 29.8 Å². The molecule has 6 heteroatoms. The van der Waals surface area contributed by atoms with Crippen LogP contribution in [0.2, 0.25) is 0 Å². The normalized spacial score (nSPS) is 20.9. The van der Waals surface area contributed by atoms with Crippen molar-refractivity contribution in [2.75, 3.05) is 13.1 Å². The third kappa shape index (κ3) is 4.29. The number of hydrogen-bond donors (Lipinski definition) is 1. The summed E-state index contributed by atoms with van der Waals surface area (Å²) in [6, 6.07) is 7.40. The van der Waals surface area contributed by atoms with Gasteiger partial charge in [0.25, 0.3) is 0 Å². The number of piperidine rings is 1. The first-order valence-corrected chi connectivity index (χ1v) is 11.1. The molecule has 26 heavy (non-hydrogen) atoms. The highest BCUT2D eigenvalue weighted by Gasteiger charge is 2.34. The maximum atomic E-state index is 12.8. The van der Waals surface area contributed by atoms with Gasteiger partial charge in [0.05, 0.1) is 4.90 Å². The van der Waals surface area contributed by atoms with Gasteiger partial charge in [0, 0.05) is 25.0 Å². The fraction of sp³-hybridized carbons (Fsp3) is 0.650. The quantitative estimate of drug-likeness (QED) is 0.827. The molecule has 2 aliphatic rings. The second-order valence-corrected chi connectivity index (χ2v) is 9.97. The topological polar surface area (TPSA) is 66.5 Å². The first kappa shape index (κ1) is 19.4. The van der Waals surface area contributed by atoms with Gasteiger partial charge >= 0.3 is 0 Å². The van der Waals surface area contributed by atoms with Crippen LogP contribution in [0.25, 0.3) is 0 Å². The molecule has 2 fully saturated rings. The molecule has 3 rings (SSSR count). The lowest BCUT2D eigenvalue weighted by molar-refractivity contribution is -0.126. The maximum absolute atomic E-state index is 12.8. The molecule has 1 aliphatic heterocycles. The Morgan fingerprint density at radius 1 is 1.04 bits per heavy atom. The van der Waals surface area contributed by atoms with Crippen molar-refractivity contribution in [3.8, 4) is 0 Å². The van der Waals surface area contributed by atoms with Gasteiger partial charge in [0.2, 0.25) is 15.9 Å². The predicted molar refractivity (Wildman–Crippen MR) is 102 cm³/mol. The molecule has 1 aliphatic carbocycles. The zero-order valence-corrected chi connectivity index (χ0v) is 16.8. The molecule has 1 aromatic carbocycles. The van der Waals surface area contributed by atoms with Gasteiger partial charge < -0.3 is 5.32 Å². The standard InChI is InChI=1S/C20H30N2O3S/c1-14(2)16-6-8-19(9-7-16)26(24,25)22-12-10-18(11-13-22)20(23)21-15(3)17-4-5-17/h6-9,14-15,17-18H,4-5,10-13H2,1-3H3,(H,21,23)/t15-/m0/s1. The van der Waals surface area contributed by atoms with Crippen LogP contribution in [0.1, 0.15) is 57.9 Å². The monoisotopic (exact) mass is 378 g/mol. The molecule has 144 valence electrons. The van der Waals surface area contributed by atoms with Gasteiger partial charge in [-0.3, -0.25) is 4.79 Å². The van der Waals surface area contributed by atoms with Crippen LogP contribution in [0.4, 0.5) is 0 Å². The van der Waals surface area contributed by atoms with Gasteiger partial charge in [0.1, 0.15) is 0 Å². The molecule has 0 aromatic heterocycles. The molecule has 1 atom stereocenters. The van der Waals surface area contributed by atoms with E-state index >= 15 is 0 Å². The molecule has 1 aromatic rings. The minimum atomic E-state index is -3.48. The summed E-state index contributed by atoms with van der Waals surface area (Å²) in [6.45, 7) is 7.05. The number of sulfonamides is 1. The van der Waals surface area contributed by atoms with E-state index in [0.717, 1.165) is 5.56 Å². The Hall–Kier alpha value is -1.40. The minimum absolute atomic E-state index is 0.0778. The van der Waals surface area contributed by atoms with Crippen LogP contribution in [-0.2, 0) is 14.8 Å². The lowest BCUT2D eigenvalue weighted by Crippen LogP contribution is -2.45. The minimum Gasteiger partial charge on any atom is -0.353 e. The number of rotatable bonds is 6. The molecule has 1 amide bonds. The molecular weight excluding hydrogens is 348 g/mol. The molecule has 5 nitrogen and oxygen atoms in total. The number of carbonyl (C=O) groups excluding carboxylic acids is 1. The summed E-state index contributed by atoms with van der Waals surface area (Å²) in [5.41, 5.74) is 1.13. The Kier molecular flexibility index (Phi) is 5.72. The molecule has 0 radical (unpaired) electrons. The number of nitrogens with zero attached hydrogens (tertiary/aromatic N) is 1. The third-order valence-electron chi connectivity index (χ3n) is 5.71. The van der Waals surface area contributed by atoms with Crippen molar-refractivity contribution >= 4 is 15.9 Å². The summed E-state index contributed by atoms with van der Waals surface area (Å²) in [4.78, 5) is 12.7. The smallest absolute Gasteiger partial charge is 0.243 e. The zero-order valence-electron chi connectivity index (χ0n) is 15.9. The van der Waals surface area contributed by atoms with Crippen LogP contribution in [0.15, 0.2) is 29.2 Å². The Morgan fingerprint density at radius 3 is 2.12 bits per heavy atom. The second-order valence-electron chi connectivity index (χ2n) is 8.04. The van der Waals surface area contributed by atoms with Gasteiger partial charge in [-0.05, 0) is 62.1 Å². The lowest BCUT2D eigenvalue weighted by Gasteiger charge is -2.31. The Labute approximate surface area is 157 Å². The van der Waals surface area contributed by atoms with E-state index in [1.807, 2.05) is 12.1 Å². The number of benzene rings is 1. The second kappa shape index (κ2) is 7.69. The summed E-state index contributed by atoms with van der Waals surface area (Å²) in [5, 5.41) is 3.11. The van der Waals surface area contributed by atoms with Crippen LogP contribution < -0.4 is 5.32 Å². The molecule has 0 spiro atoms. The molecule has 0 unspecified atom stereocenters. The van der Waals surface area contributed by atoms with Gasteiger partial charge in [-0.25, -0.2) is 8.42 Å². The van der Waals surface area contributed by atoms with Crippen LogP contribution in [-0.4, -0.2) is 37.8 Å². The number of amides is 1. The molecule has 1 saturated carbocycles. The van der Waals surface area contributed by atoms with Gasteiger partial charge in [-0.1, -0.05) is 26.0 Å². The first-order valence-electron chi connectivity index (χ1n) is 9.69. The Bertz CT molecular complexity index is 731. The number of carbonyl (C=O) groups is 1. The highest BCUT2D eigenvalue weighted by atomic mass is 32.2. The summed E-state index contributed by atoms with van der Waals surface area (Å²) >= 11 is 0. The van der Waals surface area contributed by atoms with Crippen molar-refractivity contribution < 1.29 is 13.2 Å². The van der Waals surface area contributed by atoms with Crippen LogP contribution in [0.5, 0.6) is 0 Å². The van der Waals surface area contributed by atoms with E-state index < -0.39 is 10.0 Å². The summed E-state index contributed by atoms with van der Waals surface area (Å²) in [7, 11) is -3.48. The molecule has 1 heterocycles. The van der Waals surface area contributed by atoms with Gasteiger partial charge in [0.15, 0.2) is 0 Å². The summed E-state index contributed by atoms with van der Waals surface area (Å²) in [6.07, 6.45) is 3.58. The van der Waals surface area contributed by atoms with Gasteiger partial charge in [-0.2, -0.15) is 4.31 Å². The van der Waals surface area contributed by atoms with E-state index in [4.69, 9.17) is 0 Å². The van der Waals surface area contributed by atoms with Crippen molar-refractivity contribution in [3.63, 3.8) is 0 Å². The summed E-state index contributed by atoms with van der Waals surface area (Å²) in [5.74, 6) is 1.01. The van der Waals surface area contributed by atoms with E-state index in [0.29, 0.717) is 42.7 Å². The molecule has 1 saturated heterocycles. The molecular formula is C20H30N2O3S. The Balaban J connectivity index is 1.58. The highest BCUT2D eigenvalue weighted by Crippen LogP contribution is 2.33. The fourth-order valence-corrected chi connectivity index (χ4v) is 5.06. The first-order chi connectivity index (χ1) is 12.3. The number of hydrogen-bond acceptors (Lipinski definition) is 3. The lowest BCUT2D eigenvalue weighted by atomic mass is 9.96. The number of nitrogens with one attached hydrogen (secondary N) is 1. The highest BCUT2D eigenvalue weighted by molar-refractivity contribution is 7.89. The average Bonchev–Trinajstić information content (AvgIpc) is 3.47. The van der Waals surface area contributed by atoms with E-state index in [2.05, 4.69) is 26.1 Å². The van der Waals surface area contributed by atoms with E-state index in [9.17, 15) is 13.2 Å². The summed E-state index contributed by atoms with van der Waals surface area (Å²) < 4.78 is 27.2. The van der Waals surface area contributed by atoms with E-state index in [-0.39, 0.29) is 17.9 Å². The maximum Gasteiger partial charge on any atom is 0.243 e. The van der Waals surface area contributed by atoms with E-state index in [1.54, 1.807) is 12.1 Å². The third-order valence-corrected chi connectivity index (χ3v) is 7.62. The Morgan fingerprint density at radius 2 is 1.62 bits per heavy atom. The van der Waals surface area contributed by atoms with E-state index in [1.165, 1.54) is 17.1 Å². The fourth-order valence-electron chi connectivity index (χ4n) is 3.59. The zero-order chi connectivity index (χ0) is 18.9. The molecule has 0 bridgehead atoms. The van der Waals surface area contributed by atoms with Crippen molar-refractivity contribution in [1.82, 2.24) is 9.62 Å². The SMILES string of the molecule is CC(C)c1ccc(S(=O)(=O)N2CCC(C(=O)N[C@@H](C)C3CC3)CC2)cc1. The largest absolute Gasteiger partial charge is 0.353 e. The molecule has 1 N–H and O–H groups in total. The average molecular weight is 379 g/mol.